The highest BCUT2D eigenvalue weighted by Gasteiger charge is 2.56. The van der Waals surface area contributed by atoms with E-state index >= 15 is 0 Å². The van der Waals surface area contributed by atoms with E-state index in [1.54, 1.807) is 19.1 Å². The van der Waals surface area contributed by atoms with Crippen LogP contribution in [0.4, 0.5) is 0 Å². The average Bonchev–Trinajstić information content (AvgIpc) is 2.43. The average molecular weight is 252 g/mol. The second-order valence-electron chi connectivity index (χ2n) is 3.97. The molecule has 2 bridgehead atoms. The summed E-state index contributed by atoms with van der Waals surface area (Å²) in [7, 11) is -1.14. The van der Waals surface area contributed by atoms with Gasteiger partial charge in [-0.3, -0.25) is 0 Å². The van der Waals surface area contributed by atoms with E-state index in [1.807, 2.05) is 0 Å². The van der Waals surface area contributed by atoms with E-state index in [1.165, 1.54) is 0 Å². The zero-order valence-corrected chi connectivity index (χ0v) is 9.80. The van der Waals surface area contributed by atoms with Gasteiger partial charge >= 0.3 is 7.32 Å². The second-order valence-corrected chi connectivity index (χ2v) is 3.97. The molecule has 3 rings (SSSR count). The van der Waals surface area contributed by atoms with Crippen molar-refractivity contribution in [1.82, 2.24) is 0 Å². The summed E-state index contributed by atoms with van der Waals surface area (Å²) in [5, 5.41) is 17.9. The molecule has 3 aliphatic heterocycles. The standard InChI is InChI=1S/C11H5BN4O3/c1-11-6-17-12(18-9(11)7(4-13)15-2)19-10(11)8(5-14)16-3/h6H2,1H3. The Morgan fingerprint density at radius 2 is 1.68 bits per heavy atom. The van der Waals surface area contributed by atoms with Gasteiger partial charge in [-0.15, -0.1) is 0 Å². The minimum absolute atomic E-state index is 0.0731. The van der Waals surface area contributed by atoms with Gasteiger partial charge in [-0.2, -0.15) is 0 Å². The molecule has 0 aromatic rings. The molecular weight excluding hydrogens is 247 g/mol. The van der Waals surface area contributed by atoms with Crippen LogP contribution in [-0.4, -0.2) is 13.9 Å². The molecule has 0 radical (unpaired) electrons. The van der Waals surface area contributed by atoms with E-state index in [2.05, 4.69) is 9.69 Å². The number of nitrogens with zero attached hydrogens (tertiary/aromatic N) is 4. The van der Waals surface area contributed by atoms with E-state index < -0.39 is 12.7 Å². The Bertz CT molecular complexity index is 584. The van der Waals surface area contributed by atoms with Crippen LogP contribution in [0.2, 0.25) is 0 Å². The van der Waals surface area contributed by atoms with Crippen molar-refractivity contribution >= 4 is 7.32 Å². The van der Waals surface area contributed by atoms with E-state index in [4.69, 9.17) is 37.6 Å². The smallest absolute Gasteiger partial charge is 0.511 e. The number of nitriles is 2. The summed E-state index contributed by atoms with van der Waals surface area (Å²) in [5.74, 6) is 0.165. The quantitative estimate of drug-likeness (QED) is 0.369. The summed E-state index contributed by atoms with van der Waals surface area (Å²) in [6, 6.07) is 3.47. The van der Waals surface area contributed by atoms with Crippen molar-refractivity contribution in [3.63, 3.8) is 0 Å². The van der Waals surface area contributed by atoms with Gasteiger partial charge in [-0.25, -0.2) is 20.2 Å². The molecule has 0 aromatic heterocycles. The predicted octanol–water partition coefficient (Wildman–Crippen LogP) is 1.36. The highest BCUT2D eigenvalue weighted by molar-refractivity contribution is 6.38. The maximum absolute atomic E-state index is 8.94. The van der Waals surface area contributed by atoms with Crippen molar-refractivity contribution in [2.75, 3.05) is 6.61 Å². The zero-order chi connectivity index (χ0) is 14.0. The van der Waals surface area contributed by atoms with Crippen LogP contribution in [0.15, 0.2) is 22.9 Å². The van der Waals surface area contributed by atoms with Crippen molar-refractivity contribution in [1.29, 1.82) is 10.5 Å². The lowest BCUT2D eigenvalue weighted by atomic mass is 9.79. The lowest BCUT2D eigenvalue weighted by Crippen LogP contribution is -2.51. The van der Waals surface area contributed by atoms with Crippen molar-refractivity contribution in [2.24, 2.45) is 5.41 Å². The summed E-state index contributed by atoms with van der Waals surface area (Å²) >= 11 is 0. The molecule has 0 unspecified atom stereocenters. The maximum Gasteiger partial charge on any atom is 0.785 e. The molecule has 3 heterocycles. The molecular formula is C11H5BN4O3. The maximum atomic E-state index is 8.94. The fourth-order valence-corrected chi connectivity index (χ4v) is 1.90. The first-order valence-electron chi connectivity index (χ1n) is 5.10. The van der Waals surface area contributed by atoms with E-state index in [-0.39, 0.29) is 29.5 Å². The SMILES string of the molecule is [C-]#[N+]C(C#N)=C1OB2OCC1(C)C(=C(C#N)[N+]#[C-])O2. The molecule has 0 amide bonds. The number of hydrogen-bond donors (Lipinski definition) is 0. The Balaban J connectivity index is 2.70. The Labute approximate surface area is 109 Å². The Morgan fingerprint density at radius 1 is 1.21 bits per heavy atom. The molecule has 3 fully saturated rings. The summed E-state index contributed by atoms with van der Waals surface area (Å²) in [6.45, 7) is 15.6. The summed E-state index contributed by atoms with van der Waals surface area (Å²) in [5.41, 5.74) is -1.59. The predicted molar refractivity (Wildman–Crippen MR) is 60.5 cm³/mol. The van der Waals surface area contributed by atoms with Crippen LogP contribution in [0.25, 0.3) is 9.69 Å². The minimum atomic E-state index is -1.14. The normalized spacial score (nSPS) is 28.8. The summed E-state index contributed by atoms with van der Waals surface area (Å²) in [4.78, 5) is 6.18. The molecule has 0 atom stereocenters. The highest BCUT2D eigenvalue weighted by atomic mass is 16.8. The van der Waals surface area contributed by atoms with Gasteiger partial charge in [0.1, 0.15) is 11.5 Å². The zero-order valence-electron chi connectivity index (χ0n) is 9.80. The molecule has 90 valence electrons. The van der Waals surface area contributed by atoms with Crippen LogP contribution in [0.1, 0.15) is 6.92 Å². The van der Waals surface area contributed by atoms with Crippen molar-refractivity contribution in [2.45, 2.75) is 6.92 Å². The molecule has 0 saturated carbocycles. The van der Waals surface area contributed by atoms with Gasteiger partial charge in [0.2, 0.25) is 0 Å². The lowest BCUT2D eigenvalue weighted by Gasteiger charge is -2.45. The largest absolute Gasteiger partial charge is 0.785 e. The van der Waals surface area contributed by atoms with Crippen molar-refractivity contribution < 1.29 is 14.0 Å². The van der Waals surface area contributed by atoms with Crippen LogP contribution in [0.3, 0.4) is 0 Å². The minimum Gasteiger partial charge on any atom is -0.511 e. The van der Waals surface area contributed by atoms with Crippen LogP contribution in [-0.2, 0) is 14.0 Å². The van der Waals surface area contributed by atoms with E-state index in [0.29, 0.717) is 0 Å². The monoisotopic (exact) mass is 252 g/mol. The van der Waals surface area contributed by atoms with E-state index in [0.717, 1.165) is 0 Å². The Morgan fingerprint density at radius 3 is 2.05 bits per heavy atom. The summed E-state index contributed by atoms with van der Waals surface area (Å²) < 4.78 is 15.7. The molecule has 3 saturated heterocycles. The highest BCUT2D eigenvalue weighted by Crippen LogP contribution is 2.48. The van der Waals surface area contributed by atoms with Crippen LogP contribution in [0.5, 0.6) is 0 Å². The molecule has 7 nitrogen and oxygen atoms in total. The number of hydrogen-bond acceptors (Lipinski definition) is 5. The van der Waals surface area contributed by atoms with Crippen LogP contribution in [0, 0.1) is 41.2 Å². The molecule has 3 aliphatic rings. The first-order chi connectivity index (χ1) is 9.10. The van der Waals surface area contributed by atoms with Crippen LogP contribution >= 0.6 is 0 Å². The number of allylic oxidation sites excluding steroid dienone is 2. The van der Waals surface area contributed by atoms with Gasteiger partial charge in [0.15, 0.2) is 0 Å². The fourth-order valence-electron chi connectivity index (χ4n) is 1.90. The third-order valence-electron chi connectivity index (χ3n) is 2.80. The molecule has 0 aromatic carbocycles. The number of fused-ring (bicyclic) bond motifs is 3. The third kappa shape index (κ3) is 1.69. The molecule has 0 aliphatic carbocycles. The lowest BCUT2D eigenvalue weighted by molar-refractivity contribution is -0.0261. The Kier molecular flexibility index (Phi) is 2.89. The van der Waals surface area contributed by atoms with Gasteiger partial charge in [0, 0.05) is 0 Å². The van der Waals surface area contributed by atoms with Gasteiger partial charge in [0.25, 0.3) is 11.4 Å². The van der Waals surface area contributed by atoms with E-state index in [9.17, 15) is 0 Å². The second kappa shape index (κ2) is 4.39. The molecule has 8 heteroatoms. The fraction of sp³-hybridized carbons (Fsp3) is 0.273. The molecule has 19 heavy (non-hydrogen) atoms. The molecule has 0 spiro atoms. The number of rotatable bonds is 0. The third-order valence-corrected chi connectivity index (χ3v) is 2.80. The van der Waals surface area contributed by atoms with Gasteiger partial charge in [0.05, 0.1) is 37.3 Å². The summed E-state index contributed by atoms with van der Waals surface area (Å²) in [6.07, 6.45) is 0. The van der Waals surface area contributed by atoms with Crippen molar-refractivity contribution in [3.05, 3.63) is 45.7 Å². The van der Waals surface area contributed by atoms with Crippen LogP contribution < -0.4 is 0 Å². The molecule has 0 N–H and O–H groups in total. The topological polar surface area (TPSA) is 84.0 Å². The van der Waals surface area contributed by atoms with Gasteiger partial charge in [-0.1, -0.05) is 0 Å². The first kappa shape index (κ1) is 12.5. The van der Waals surface area contributed by atoms with Gasteiger partial charge in [-0.05, 0) is 6.92 Å². The first-order valence-corrected chi connectivity index (χ1v) is 5.10. The van der Waals surface area contributed by atoms with Gasteiger partial charge < -0.3 is 14.0 Å². The Hall–Kier alpha value is -2.94. The van der Waals surface area contributed by atoms with Crippen molar-refractivity contribution in [3.8, 4) is 12.1 Å².